The van der Waals surface area contributed by atoms with Gasteiger partial charge < -0.3 is 9.32 Å². The lowest BCUT2D eigenvalue weighted by Crippen LogP contribution is -2.07. The van der Waals surface area contributed by atoms with E-state index in [2.05, 4.69) is 42.9 Å². The molecular formula is C22H18BrN3O. The molecule has 0 radical (unpaired) electrons. The van der Waals surface area contributed by atoms with Crippen LogP contribution < -0.4 is 4.90 Å². The molecule has 0 saturated heterocycles. The Labute approximate surface area is 166 Å². The maximum Gasteiger partial charge on any atom is 0.227 e. The summed E-state index contributed by atoms with van der Waals surface area (Å²) in [4.78, 5) is 11.2. The first kappa shape index (κ1) is 17.5. The quantitative estimate of drug-likeness (QED) is 0.376. The second-order valence-electron chi connectivity index (χ2n) is 6.42. The molecule has 3 aromatic carbocycles. The van der Waals surface area contributed by atoms with Gasteiger partial charge in [-0.05, 0) is 60.2 Å². The number of anilines is 1. The van der Waals surface area contributed by atoms with Gasteiger partial charge in [0.1, 0.15) is 5.52 Å². The maximum atomic E-state index is 5.90. The molecule has 0 fully saturated rings. The first-order chi connectivity index (χ1) is 13.1. The van der Waals surface area contributed by atoms with Crippen molar-refractivity contribution in [2.75, 3.05) is 19.0 Å². The van der Waals surface area contributed by atoms with Crippen LogP contribution in [0.1, 0.15) is 5.56 Å². The number of hydrogen-bond acceptors (Lipinski definition) is 4. The Morgan fingerprint density at radius 3 is 2.41 bits per heavy atom. The molecular weight excluding hydrogens is 402 g/mol. The first-order valence-corrected chi connectivity index (χ1v) is 9.36. The molecule has 0 amide bonds. The van der Waals surface area contributed by atoms with Crippen molar-refractivity contribution < 1.29 is 4.42 Å². The smallest absolute Gasteiger partial charge is 0.227 e. The molecule has 1 aromatic heterocycles. The van der Waals surface area contributed by atoms with E-state index in [4.69, 9.17) is 4.42 Å². The molecule has 0 N–H and O–H groups in total. The molecule has 134 valence electrons. The Balaban J connectivity index is 1.60. The normalized spacial score (nSPS) is 11.4. The van der Waals surface area contributed by atoms with Crippen molar-refractivity contribution in [3.8, 4) is 11.5 Å². The zero-order valence-corrected chi connectivity index (χ0v) is 16.6. The van der Waals surface area contributed by atoms with Gasteiger partial charge in [-0.15, -0.1) is 0 Å². The van der Waals surface area contributed by atoms with E-state index in [1.54, 1.807) is 0 Å². The van der Waals surface area contributed by atoms with Gasteiger partial charge in [0.15, 0.2) is 5.58 Å². The highest BCUT2D eigenvalue weighted by molar-refractivity contribution is 9.10. The van der Waals surface area contributed by atoms with Crippen molar-refractivity contribution in [2.45, 2.75) is 0 Å². The van der Waals surface area contributed by atoms with Crippen molar-refractivity contribution in [1.82, 2.24) is 4.98 Å². The summed E-state index contributed by atoms with van der Waals surface area (Å²) in [6.45, 7) is 0. The van der Waals surface area contributed by atoms with Crippen molar-refractivity contribution >= 4 is 44.6 Å². The van der Waals surface area contributed by atoms with Gasteiger partial charge in [0.25, 0.3) is 0 Å². The Morgan fingerprint density at radius 2 is 1.70 bits per heavy atom. The SMILES string of the molecule is CN(C)c1ccc(-c2nc3cc(N=Cc4ccc(Br)cc4)ccc3o2)cc1. The highest BCUT2D eigenvalue weighted by Gasteiger charge is 2.09. The summed E-state index contributed by atoms with van der Waals surface area (Å²) in [7, 11) is 4.04. The van der Waals surface area contributed by atoms with Crippen LogP contribution in [0.15, 0.2) is 80.6 Å². The minimum absolute atomic E-state index is 0.615. The molecule has 0 aliphatic carbocycles. The maximum absolute atomic E-state index is 5.90. The summed E-state index contributed by atoms with van der Waals surface area (Å²) < 4.78 is 6.95. The van der Waals surface area contributed by atoms with E-state index in [1.807, 2.05) is 74.9 Å². The Morgan fingerprint density at radius 1 is 0.963 bits per heavy atom. The molecule has 0 aliphatic heterocycles. The summed E-state index contributed by atoms with van der Waals surface area (Å²) in [5, 5.41) is 0. The van der Waals surface area contributed by atoms with E-state index in [9.17, 15) is 0 Å². The average molecular weight is 420 g/mol. The number of aromatic nitrogens is 1. The zero-order valence-electron chi connectivity index (χ0n) is 15.1. The average Bonchev–Trinajstić information content (AvgIpc) is 3.11. The number of rotatable bonds is 4. The van der Waals surface area contributed by atoms with Crippen LogP contribution in [-0.2, 0) is 0 Å². The molecule has 4 nitrogen and oxygen atoms in total. The molecule has 4 aromatic rings. The van der Waals surface area contributed by atoms with E-state index in [0.717, 1.165) is 38.1 Å². The molecule has 0 unspecified atom stereocenters. The second-order valence-corrected chi connectivity index (χ2v) is 7.34. The van der Waals surface area contributed by atoms with E-state index in [0.29, 0.717) is 5.89 Å². The third-order valence-corrected chi connectivity index (χ3v) is 4.76. The lowest BCUT2D eigenvalue weighted by molar-refractivity contribution is 0.620. The van der Waals surface area contributed by atoms with Crippen LogP contribution in [0.3, 0.4) is 0 Å². The molecule has 5 heteroatoms. The summed E-state index contributed by atoms with van der Waals surface area (Å²) >= 11 is 3.44. The standard InChI is InChI=1S/C22H18BrN3O/c1-26(2)19-10-5-16(6-11-19)22-25-20-13-18(9-12-21(20)27-22)24-14-15-3-7-17(23)8-4-15/h3-14H,1-2H3. The number of halogens is 1. The fourth-order valence-electron chi connectivity index (χ4n) is 2.72. The monoisotopic (exact) mass is 419 g/mol. The predicted molar refractivity (Wildman–Crippen MR) is 115 cm³/mol. The molecule has 0 aliphatic rings. The Hall–Kier alpha value is -2.92. The molecule has 0 spiro atoms. The van der Waals surface area contributed by atoms with Crippen LogP contribution in [0.5, 0.6) is 0 Å². The molecule has 27 heavy (non-hydrogen) atoms. The molecule has 0 bridgehead atoms. The van der Waals surface area contributed by atoms with E-state index in [1.165, 1.54) is 0 Å². The van der Waals surface area contributed by atoms with Gasteiger partial charge in [-0.3, -0.25) is 4.99 Å². The lowest BCUT2D eigenvalue weighted by Gasteiger charge is -2.11. The largest absolute Gasteiger partial charge is 0.436 e. The minimum Gasteiger partial charge on any atom is -0.436 e. The zero-order chi connectivity index (χ0) is 18.8. The van der Waals surface area contributed by atoms with Gasteiger partial charge in [0.2, 0.25) is 5.89 Å². The van der Waals surface area contributed by atoms with Gasteiger partial charge in [0.05, 0.1) is 5.69 Å². The van der Waals surface area contributed by atoms with Gasteiger partial charge in [-0.25, -0.2) is 4.98 Å². The number of fused-ring (bicyclic) bond motifs is 1. The Bertz CT molecular complexity index is 1100. The second kappa shape index (κ2) is 7.37. The topological polar surface area (TPSA) is 41.6 Å². The summed E-state index contributed by atoms with van der Waals surface area (Å²) in [5.74, 6) is 0.615. The third-order valence-electron chi connectivity index (χ3n) is 4.23. The molecule has 0 atom stereocenters. The Kier molecular flexibility index (Phi) is 4.77. The number of benzene rings is 3. The van der Waals surface area contributed by atoms with Gasteiger partial charge in [-0.1, -0.05) is 28.1 Å². The van der Waals surface area contributed by atoms with E-state index >= 15 is 0 Å². The number of aliphatic imine (C=N–C) groups is 1. The van der Waals surface area contributed by atoms with Crippen molar-refractivity contribution in [2.24, 2.45) is 4.99 Å². The van der Waals surface area contributed by atoms with Gasteiger partial charge in [0, 0.05) is 36.0 Å². The van der Waals surface area contributed by atoms with Crippen molar-refractivity contribution in [3.05, 3.63) is 76.8 Å². The van der Waals surface area contributed by atoms with Crippen molar-refractivity contribution in [1.29, 1.82) is 0 Å². The van der Waals surface area contributed by atoms with E-state index in [-0.39, 0.29) is 0 Å². The van der Waals surface area contributed by atoms with Crippen LogP contribution in [0.25, 0.3) is 22.6 Å². The minimum atomic E-state index is 0.615. The highest BCUT2D eigenvalue weighted by Crippen LogP contribution is 2.28. The lowest BCUT2D eigenvalue weighted by atomic mass is 10.2. The van der Waals surface area contributed by atoms with E-state index < -0.39 is 0 Å². The highest BCUT2D eigenvalue weighted by atomic mass is 79.9. The number of nitrogens with zero attached hydrogens (tertiary/aromatic N) is 3. The molecule has 1 heterocycles. The van der Waals surface area contributed by atoms with Crippen LogP contribution in [0.4, 0.5) is 11.4 Å². The van der Waals surface area contributed by atoms with Crippen molar-refractivity contribution in [3.63, 3.8) is 0 Å². The van der Waals surface area contributed by atoms with Gasteiger partial charge in [-0.2, -0.15) is 0 Å². The molecule has 4 rings (SSSR count). The molecule has 0 saturated carbocycles. The fourth-order valence-corrected chi connectivity index (χ4v) is 2.98. The first-order valence-electron chi connectivity index (χ1n) is 8.56. The number of hydrogen-bond donors (Lipinski definition) is 0. The summed E-state index contributed by atoms with van der Waals surface area (Å²) in [6, 6.07) is 21.9. The third kappa shape index (κ3) is 3.93. The van der Waals surface area contributed by atoms with Crippen LogP contribution >= 0.6 is 15.9 Å². The summed E-state index contributed by atoms with van der Waals surface area (Å²) in [5.41, 5.74) is 5.53. The fraction of sp³-hybridized carbons (Fsp3) is 0.0909. The van der Waals surface area contributed by atoms with Crippen LogP contribution in [0, 0.1) is 0 Å². The summed E-state index contributed by atoms with van der Waals surface area (Å²) in [6.07, 6.45) is 1.84. The predicted octanol–water partition coefficient (Wildman–Crippen LogP) is 6.07. The van der Waals surface area contributed by atoms with Crippen LogP contribution in [0.2, 0.25) is 0 Å². The number of oxazole rings is 1. The van der Waals surface area contributed by atoms with Gasteiger partial charge >= 0.3 is 0 Å². The van der Waals surface area contributed by atoms with Crippen LogP contribution in [-0.4, -0.2) is 25.3 Å².